The number of nitrogens with zero attached hydrogens (tertiary/aromatic N) is 3. The van der Waals surface area contributed by atoms with E-state index in [-0.39, 0.29) is 12.4 Å². The van der Waals surface area contributed by atoms with E-state index in [0.29, 0.717) is 42.5 Å². The van der Waals surface area contributed by atoms with E-state index in [9.17, 15) is 8.42 Å². The molecule has 6 nitrogen and oxygen atoms in total. The Morgan fingerprint density at radius 1 is 1.04 bits per heavy atom. The fourth-order valence-electron chi connectivity index (χ4n) is 3.30. The van der Waals surface area contributed by atoms with Gasteiger partial charge in [0.1, 0.15) is 4.90 Å². The van der Waals surface area contributed by atoms with Gasteiger partial charge in [0.25, 0.3) is 0 Å². The number of aromatic nitrogens is 2. The highest BCUT2D eigenvalue weighted by Crippen LogP contribution is 2.27. The van der Waals surface area contributed by atoms with Gasteiger partial charge in [-0.15, -0.1) is 12.4 Å². The molecule has 0 spiro atoms. The van der Waals surface area contributed by atoms with Crippen molar-refractivity contribution in [2.24, 2.45) is 0 Å². The summed E-state index contributed by atoms with van der Waals surface area (Å²) in [6, 6.07) is 6.26. The number of nitrogens with one attached hydrogen (secondary N) is 1. The van der Waals surface area contributed by atoms with Crippen molar-refractivity contribution in [3.05, 3.63) is 40.7 Å². The van der Waals surface area contributed by atoms with E-state index in [1.807, 2.05) is 0 Å². The van der Waals surface area contributed by atoms with Gasteiger partial charge in [-0.25, -0.2) is 8.42 Å². The van der Waals surface area contributed by atoms with E-state index in [4.69, 9.17) is 0 Å². The SMILES string of the molecule is Cc1cccc(N2CCN(S(=O)(=O)c3c(C)n[nH]c3C)CC2)c1C.Cl. The second kappa shape index (κ2) is 7.35. The summed E-state index contributed by atoms with van der Waals surface area (Å²) < 4.78 is 27.4. The Bertz CT molecular complexity index is 836. The van der Waals surface area contributed by atoms with Gasteiger partial charge in [0.15, 0.2) is 0 Å². The van der Waals surface area contributed by atoms with Crippen LogP contribution in [0.3, 0.4) is 0 Å². The lowest BCUT2D eigenvalue weighted by Gasteiger charge is -2.36. The average molecular weight is 385 g/mol. The van der Waals surface area contributed by atoms with Gasteiger partial charge in [0.2, 0.25) is 10.0 Å². The summed E-state index contributed by atoms with van der Waals surface area (Å²) in [4.78, 5) is 2.59. The quantitative estimate of drug-likeness (QED) is 0.883. The molecule has 1 fully saturated rings. The van der Waals surface area contributed by atoms with Crippen LogP contribution in [-0.4, -0.2) is 49.1 Å². The zero-order valence-corrected chi connectivity index (χ0v) is 16.7. The molecule has 0 aliphatic carbocycles. The molecule has 2 aromatic rings. The third kappa shape index (κ3) is 3.54. The van der Waals surface area contributed by atoms with Gasteiger partial charge in [-0.1, -0.05) is 12.1 Å². The zero-order chi connectivity index (χ0) is 17.5. The predicted molar refractivity (Wildman–Crippen MR) is 102 cm³/mol. The van der Waals surface area contributed by atoms with E-state index in [1.165, 1.54) is 16.8 Å². The summed E-state index contributed by atoms with van der Waals surface area (Å²) in [6.07, 6.45) is 0. The first kappa shape index (κ1) is 19.8. The first-order chi connectivity index (χ1) is 11.3. The molecule has 8 heteroatoms. The molecule has 1 saturated heterocycles. The third-order valence-electron chi connectivity index (χ3n) is 4.81. The van der Waals surface area contributed by atoms with Crippen LogP contribution in [0.25, 0.3) is 0 Å². The Hall–Kier alpha value is -1.57. The normalized spacial score (nSPS) is 15.9. The van der Waals surface area contributed by atoms with E-state index >= 15 is 0 Å². The number of benzene rings is 1. The highest BCUT2D eigenvalue weighted by Gasteiger charge is 2.32. The van der Waals surface area contributed by atoms with Gasteiger partial charge in [0, 0.05) is 31.9 Å². The highest BCUT2D eigenvalue weighted by molar-refractivity contribution is 7.89. The zero-order valence-electron chi connectivity index (χ0n) is 15.0. The molecule has 1 aliphatic rings. The largest absolute Gasteiger partial charge is 0.369 e. The number of aryl methyl sites for hydroxylation is 3. The van der Waals surface area contributed by atoms with Crippen molar-refractivity contribution >= 4 is 28.1 Å². The van der Waals surface area contributed by atoms with E-state index < -0.39 is 10.0 Å². The van der Waals surface area contributed by atoms with Gasteiger partial charge in [-0.05, 0) is 44.9 Å². The van der Waals surface area contributed by atoms with Crippen molar-refractivity contribution in [1.29, 1.82) is 0 Å². The summed E-state index contributed by atoms with van der Waals surface area (Å²) in [5.74, 6) is 0. The second-order valence-corrected chi connectivity index (χ2v) is 8.25. The molecule has 25 heavy (non-hydrogen) atoms. The number of hydrogen-bond donors (Lipinski definition) is 1. The lowest BCUT2D eigenvalue weighted by molar-refractivity contribution is 0.384. The number of anilines is 1. The van der Waals surface area contributed by atoms with Crippen molar-refractivity contribution in [2.45, 2.75) is 32.6 Å². The van der Waals surface area contributed by atoms with Crippen molar-refractivity contribution in [3.63, 3.8) is 0 Å². The van der Waals surface area contributed by atoms with Crippen molar-refractivity contribution < 1.29 is 8.42 Å². The van der Waals surface area contributed by atoms with Gasteiger partial charge >= 0.3 is 0 Å². The molecular weight excluding hydrogens is 360 g/mol. The Kier molecular flexibility index (Phi) is 5.81. The van der Waals surface area contributed by atoms with Crippen LogP contribution >= 0.6 is 12.4 Å². The van der Waals surface area contributed by atoms with Crippen LogP contribution in [0, 0.1) is 27.7 Å². The lowest BCUT2D eigenvalue weighted by Crippen LogP contribution is -2.49. The molecule has 2 heterocycles. The van der Waals surface area contributed by atoms with Crippen LogP contribution in [0.2, 0.25) is 0 Å². The molecule has 0 bridgehead atoms. The minimum Gasteiger partial charge on any atom is -0.369 e. The fraction of sp³-hybridized carbons (Fsp3) is 0.471. The summed E-state index contributed by atoms with van der Waals surface area (Å²) >= 11 is 0. The minimum absolute atomic E-state index is 0. The maximum Gasteiger partial charge on any atom is 0.246 e. The van der Waals surface area contributed by atoms with Gasteiger partial charge in [-0.3, -0.25) is 5.10 Å². The monoisotopic (exact) mass is 384 g/mol. The smallest absolute Gasteiger partial charge is 0.246 e. The molecule has 0 unspecified atom stereocenters. The third-order valence-corrected chi connectivity index (χ3v) is 6.98. The highest BCUT2D eigenvalue weighted by atomic mass is 35.5. The summed E-state index contributed by atoms with van der Waals surface area (Å²) in [5, 5.41) is 6.78. The topological polar surface area (TPSA) is 69.3 Å². The standard InChI is InChI=1S/C17H24N4O2S.ClH/c1-12-6-5-7-16(13(12)2)20-8-10-21(11-9-20)24(22,23)17-14(3)18-19-15(17)4;/h5-7H,8-11H2,1-4H3,(H,18,19);1H. The lowest BCUT2D eigenvalue weighted by atomic mass is 10.1. The van der Waals surface area contributed by atoms with Crippen molar-refractivity contribution in [1.82, 2.24) is 14.5 Å². The van der Waals surface area contributed by atoms with Crippen LogP contribution in [0.15, 0.2) is 23.1 Å². The molecule has 0 atom stereocenters. The summed E-state index contributed by atoms with van der Waals surface area (Å²) in [6.45, 7) is 10.1. The Labute approximate surface area is 155 Å². The molecule has 3 rings (SSSR count). The first-order valence-corrected chi connectivity index (χ1v) is 9.59. The number of rotatable bonds is 3. The predicted octanol–water partition coefficient (Wildman–Crippen LogP) is 2.58. The Balaban J connectivity index is 0.00000225. The number of piperazine rings is 1. The number of sulfonamides is 1. The average Bonchev–Trinajstić information content (AvgIpc) is 2.89. The minimum atomic E-state index is -3.49. The van der Waals surface area contributed by atoms with Crippen LogP contribution in [-0.2, 0) is 10.0 Å². The molecule has 1 aliphatic heterocycles. The van der Waals surface area contributed by atoms with E-state index in [2.05, 4.69) is 47.1 Å². The number of halogens is 1. The molecule has 0 radical (unpaired) electrons. The molecule has 0 amide bonds. The summed E-state index contributed by atoms with van der Waals surface area (Å²) in [7, 11) is -3.49. The molecule has 1 aromatic carbocycles. The number of aromatic amines is 1. The number of H-pyrrole nitrogens is 1. The van der Waals surface area contributed by atoms with Crippen LogP contribution < -0.4 is 4.90 Å². The molecular formula is C17H25ClN4O2S. The second-order valence-electron chi connectivity index (χ2n) is 6.37. The fourth-order valence-corrected chi connectivity index (χ4v) is 5.05. The van der Waals surface area contributed by atoms with Gasteiger partial charge < -0.3 is 4.90 Å². The van der Waals surface area contributed by atoms with Crippen molar-refractivity contribution in [2.75, 3.05) is 31.1 Å². The first-order valence-electron chi connectivity index (χ1n) is 8.15. The maximum atomic E-state index is 12.9. The Morgan fingerprint density at radius 2 is 1.68 bits per heavy atom. The summed E-state index contributed by atoms with van der Waals surface area (Å²) in [5.41, 5.74) is 4.85. The van der Waals surface area contributed by atoms with Gasteiger partial charge in [0.05, 0.1) is 11.4 Å². The molecule has 1 N–H and O–H groups in total. The maximum absolute atomic E-state index is 12.9. The van der Waals surface area contributed by atoms with E-state index in [0.717, 1.165) is 0 Å². The van der Waals surface area contributed by atoms with Gasteiger partial charge in [-0.2, -0.15) is 9.40 Å². The van der Waals surface area contributed by atoms with Crippen molar-refractivity contribution in [3.8, 4) is 0 Å². The van der Waals surface area contributed by atoms with Crippen LogP contribution in [0.5, 0.6) is 0 Å². The molecule has 1 aromatic heterocycles. The molecule has 0 saturated carbocycles. The number of hydrogen-bond acceptors (Lipinski definition) is 4. The van der Waals surface area contributed by atoms with E-state index in [1.54, 1.807) is 18.2 Å². The van der Waals surface area contributed by atoms with Crippen LogP contribution in [0.1, 0.15) is 22.5 Å². The van der Waals surface area contributed by atoms with Crippen LogP contribution in [0.4, 0.5) is 5.69 Å². The Morgan fingerprint density at radius 3 is 2.24 bits per heavy atom. The molecule has 138 valence electrons.